The summed E-state index contributed by atoms with van der Waals surface area (Å²) in [6.45, 7) is 4.71. The molecule has 0 radical (unpaired) electrons. The number of quaternary nitrogens is 1. The maximum atomic E-state index is 5.98. The van der Waals surface area contributed by atoms with Crippen LogP contribution < -0.4 is 14.4 Å². The molecule has 0 atom stereocenters. The van der Waals surface area contributed by atoms with E-state index in [0.717, 1.165) is 41.8 Å². The molecule has 2 aromatic carbocycles. The molecule has 0 bridgehead atoms. The largest absolute Gasteiger partial charge is 0.493 e. The van der Waals surface area contributed by atoms with Crippen LogP contribution in [-0.2, 0) is 6.61 Å². The molecule has 1 fully saturated rings. The zero-order valence-electron chi connectivity index (χ0n) is 15.2. The van der Waals surface area contributed by atoms with Gasteiger partial charge in [0.05, 0.1) is 51.0 Å². The van der Waals surface area contributed by atoms with Crippen molar-refractivity contribution in [1.82, 2.24) is 5.01 Å². The summed E-state index contributed by atoms with van der Waals surface area (Å²) in [6.07, 6.45) is 1.88. The van der Waals surface area contributed by atoms with E-state index in [2.05, 4.69) is 33.1 Å². The molecule has 6 heteroatoms. The molecule has 138 valence electrons. The van der Waals surface area contributed by atoms with Crippen LogP contribution in [0.4, 0.5) is 0 Å². The number of likely N-dealkylation sites (N-methyl/N-ethyl adjacent to an activating group) is 1. The third kappa shape index (κ3) is 4.99. The molecule has 5 nitrogen and oxygen atoms in total. The third-order valence-corrected chi connectivity index (χ3v) is 5.03. The Kier molecular flexibility index (Phi) is 6.52. The number of nitrogens with zero attached hydrogens (tertiary/aromatic N) is 2. The van der Waals surface area contributed by atoms with Crippen molar-refractivity contribution in [3.63, 3.8) is 0 Å². The Morgan fingerprint density at radius 1 is 1.19 bits per heavy atom. The fourth-order valence-corrected chi connectivity index (χ4v) is 3.40. The van der Waals surface area contributed by atoms with Crippen molar-refractivity contribution in [1.29, 1.82) is 0 Å². The molecule has 0 aliphatic carbocycles. The first-order valence-electron chi connectivity index (χ1n) is 8.80. The number of methoxy groups -OCH3 is 1. The van der Waals surface area contributed by atoms with Crippen LogP contribution in [0.2, 0.25) is 0 Å². The predicted octanol–water partition coefficient (Wildman–Crippen LogP) is 2.20. The number of hydrogen-bond donors (Lipinski definition) is 1. The van der Waals surface area contributed by atoms with Gasteiger partial charge in [0.1, 0.15) is 6.61 Å². The maximum Gasteiger partial charge on any atom is 0.175 e. The van der Waals surface area contributed by atoms with Crippen LogP contribution in [0.1, 0.15) is 11.1 Å². The van der Waals surface area contributed by atoms with Gasteiger partial charge in [-0.3, -0.25) is 5.01 Å². The molecule has 1 saturated heterocycles. The van der Waals surface area contributed by atoms with Crippen molar-refractivity contribution < 1.29 is 14.4 Å². The number of piperazine rings is 1. The minimum absolute atomic E-state index is 0.493. The number of hydrogen-bond acceptors (Lipinski definition) is 4. The lowest BCUT2D eigenvalue weighted by Crippen LogP contribution is -3.11. The molecular formula is C20H25BrN3O2+. The smallest absolute Gasteiger partial charge is 0.175 e. The zero-order valence-corrected chi connectivity index (χ0v) is 16.8. The quantitative estimate of drug-likeness (QED) is 0.730. The molecular weight excluding hydrogens is 394 g/mol. The summed E-state index contributed by atoms with van der Waals surface area (Å²) in [4.78, 5) is 1.56. The van der Waals surface area contributed by atoms with Gasteiger partial charge in [-0.1, -0.05) is 30.3 Å². The Hall–Kier alpha value is -2.05. The van der Waals surface area contributed by atoms with Gasteiger partial charge in [0.2, 0.25) is 0 Å². The molecule has 0 amide bonds. The molecule has 1 aliphatic heterocycles. The van der Waals surface area contributed by atoms with Crippen molar-refractivity contribution in [2.75, 3.05) is 40.3 Å². The van der Waals surface area contributed by atoms with E-state index in [4.69, 9.17) is 9.47 Å². The van der Waals surface area contributed by atoms with E-state index in [0.29, 0.717) is 18.1 Å². The molecule has 1 N–H and O–H groups in total. The molecule has 0 saturated carbocycles. The molecule has 1 heterocycles. The van der Waals surface area contributed by atoms with E-state index in [1.165, 1.54) is 0 Å². The van der Waals surface area contributed by atoms with Crippen LogP contribution in [-0.4, -0.2) is 51.6 Å². The molecule has 2 aromatic rings. The number of nitrogens with one attached hydrogen (secondary N) is 1. The predicted molar refractivity (Wildman–Crippen MR) is 107 cm³/mol. The van der Waals surface area contributed by atoms with Crippen LogP contribution in [0.5, 0.6) is 11.5 Å². The van der Waals surface area contributed by atoms with Crippen molar-refractivity contribution in [2.24, 2.45) is 5.10 Å². The van der Waals surface area contributed by atoms with E-state index < -0.39 is 0 Å². The van der Waals surface area contributed by atoms with Gasteiger partial charge >= 0.3 is 0 Å². The summed E-state index contributed by atoms with van der Waals surface area (Å²) in [5, 5.41) is 6.72. The van der Waals surface area contributed by atoms with Gasteiger partial charge in [-0.15, -0.1) is 0 Å². The Bertz CT molecular complexity index is 744. The van der Waals surface area contributed by atoms with Gasteiger partial charge in [-0.05, 0) is 39.2 Å². The highest BCUT2D eigenvalue weighted by Crippen LogP contribution is 2.36. The van der Waals surface area contributed by atoms with E-state index in [9.17, 15) is 0 Å². The standard InChI is InChI=1S/C20H24BrN3O2/c1-23-8-10-24(11-9-23)22-14-17-12-18(21)20(19(13-17)25-2)26-15-16-6-4-3-5-7-16/h3-7,12-14H,8-11,15H2,1-2H3/p+1/b22-14-. The topological polar surface area (TPSA) is 38.5 Å². The summed E-state index contributed by atoms with van der Waals surface area (Å²) >= 11 is 3.60. The van der Waals surface area contributed by atoms with Crippen molar-refractivity contribution in [2.45, 2.75) is 6.61 Å². The van der Waals surface area contributed by atoms with Gasteiger partial charge in [0.25, 0.3) is 0 Å². The highest BCUT2D eigenvalue weighted by Gasteiger charge is 2.15. The van der Waals surface area contributed by atoms with Crippen molar-refractivity contribution >= 4 is 22.1 Å². The third-order valence-electron chi connectivity index (χ3n) is 4.44. The van der Waals surface area contributed by atoms with E-state index in [1.54, 1.807) is 12.0 Å². The van der Waals surface area contributed by atoms with Gasteiger partial charge in [0.15, 0.2) is 11.5 Å². The Morgan fingerprint density at radius 3 is 2.62 bits per heavy atom. The van der Waals surface area contributed by atoms with Crippen LogP contribution >= 0.6 is 15.9 Å². The van der Waals surface area contributed by atoms with Crippen molar-refractivity contribution in [3.8, 4) is 11.5 Å². The summed E-state index contributed by atoms with van der Waals surface area (Å²) in [7, 11) is 3.87. The van der Waals surface area contributed by atoms with Gasteiger partial charge in [-0.25, -0.2) is 0 Å². The van der Waals surface area contributed by atoms with Crippen molar-refractivity contribution in [3.05, 3.63) is 58.1 Å². The van der Waals surface area contributed by atoms with Crippen LogP contribution in [0.3, 0.4) is 0 Å². The minimum atomic E-state index is 0.493. The summed E-state index contributed by atoms with van der Waals surface area (Å²) in [6, 6.07) is 14.0. The number of halogens is 1. The normalized spacial score (nSPS) is 15.4. The van der Waals surface area contributed by atoms with Crippen LogP contribution in [0.15, 0.2) is 52.0 Å². The Morgan fingerprint density at radius 2 is 1.92 bits per heavy atom. The first-order chi connectivity index (χ1) is 12.7. The monoisotopic (exact) mass is 418 g/mol. The van der Waals surface area contributed by atoms with Crippen LogP contribution in [0, 0.1) is 0 Å². The number of benzene rings is 2. The van der Waals surface area contributed by atoms with E-state index in [1.807, 2.05) is 48.7 Å². The SMILES string of the molecule is COc1cc(/C=N\N2CC[NH+](C)CC2)cc(Br)c1OCc1ccccc1. The summed E-state index contributed by atoms with van der Waals surface area (Å²) < 4.78 is 12.4. The fourth-order valence-electron chi connectivity index (χ4n) is 2.82. The minimum Gasteiger partial charge on any atom is -0.493 e. The molecule has 3 rings (SSSR count). The van der Waals surface area contributed by atoms with Gasteiger partial charge in [-0.2, -0.15) is 5.10 Å². The first kappa shape index (κ1) is 18.7. The zero-order chi connectivity index (χ0) is 18.4. The van der Waals surface area contributed by atoms with E-state index in [-0.39, 0.29) is 0 Å². The average Bonchev–Trinajstić information content (AvgIpc) is 2.67. The second-order valence-electron chi connectivity index (χ2n) is 6.46. The average molecular weight is 419 g/mol. The highest BCUT2D eigenvalue weighted by molar-refractivity contribution is 9.10. The lowest BCUT2D eigenvalue weighted by atomic mass is 10.2. The van der Waals surface area contributed by atoms with E-state index >= 15 is 0 Å². The number of hydrazone groups is 1. The second kappa shape index (κ2) is 9.05. The lowest BCUT2D eigenvalue weighted by molar-refractivity contribution is -0.884. The Labute approximate surface area is 163 Å². The number of ether oxygens (including phenoxy) is 2. The molecule has 1 aliphatic rings. The summed E-state index contributed by atoms with van der Waals surface area (Å²) in [5.74, 6) is 1.40. The maximum absolute atomic E-state index is 5.98. The Balaban J connectivity index is 1.70. The summed E-state index contributed by atoms with van der Waals surface area (Å²) in [5.41, 5.74) is 2.09. The van der Waals surface area contributed by atoms with Gasteiger partial charge in [0, 0.05) is 0 Å². The fraction of sp³-hybridized carbons (Fsp3) is 0.350. The highest BCUT2D eigenvalue weighted by atomic mass is 79.9. The van der Waals surface area contributed by atoms with Gasteiger partial charge < -0.3 is 14.4 Å². The molecule has 0 unspecified atom stereocenters. The second-order valence-corrected chi connectivity index (χ2v) is 7.32. The molecule has 26 heavy (non-hydrogen) atoms. The first-order valence-corrected chi connectivity index (χ1v) is 9.59. The molecule has 0 aromatic heterocycles. The lowest BCUT2D eigenvalue weighted by Gasteiger charge is -2.27. The molecule has 0 spiro atoms. The number of rotatable bonds is 6. The van der Waals surface area contributed by atoms with Crippen LogP contribution in [0.25, 0.3) is 0 Å².